The number of imide groups is 1. The van der Waals surface area contributed by atoms with Crippen LogP contribution in [0.2, 0.25) is 0 Å². The first-order valence-electron chi connectivity index (χ1n) is 15.0. The van der Waals surface area contributed by atoms with E-state index in [1.807, 2.05) is 43.3 Å². The van der Waals surface area contributed by atoms with Crippen LogP contribution in [0.1, 0.15) is 57.6 Å². The second-order valence-electron chi connectivity index (χ2n) is 12.0. The molecule has 2 fully saturated rings. The molecule has 2 aliphatic heterocycles. The second-order valence-corrected chi connectivity index (χ2v) is 12.0. The maximum absolute atomic E-state index is 13.5. The summed E-state index contributed by atoms with van der Waals surface area (Å²) >= 11 is 0. The van der Waals surface area contributed by atoms with Crippen molar-refractivity contribution < 1.29 is 19.4 Å². The van der Waals surface area contributed by atoms with Crippen molar-refractivity contribution in [1.29, 1.82) is 0 Å². The summed E-state index contributed by atoms with van der Waals surface area (Å²) in [5, 5.41) is 12.3. The van der Waals surface area contributed by atoms with Crippen LogP contribution in [0.15, 0.2) is 77.9 Å². The molecule has 0 unspecified atom stereocenters. The lowest BCUT2D eigenvalue weighted by atomic mass is 9.67. The van der Waals surface area contributed by atoms with Gasteiger partial charge in [-0.25, -0.2) is 0 Å². The van der Waals surface area contributed by atoms with Crippen molar-refractivity contribution in [2.24, 2.45) is 23.7 Å². The van der Waals surface area contributed by atoms with Gasteiger partial charge in [0.1, 0.15) is 5.75 Å². The first-order valence-corrected chi connectivity index (χ1v) is 15.0. The van der Waals surface area contributed by atoms with Gasteiger partial charge in [0.15, 0.2) is 0 Å². The van der Waals surface area contributed by atoms with Gasteiger partial charge in [0.25, 0.3) is 0 Å². The summed E-state index contributed by atoms with van der Waals surface area (Å²) in [6.45, 7) is 7.42. The minimum Gasteiger partial charge on any atom is -0.507 e. The van der Waals surface area contributed by atoms with E-state index in [1.54, 1.807) is 6.07 Å². The molecule has 212 valence electrons. The minimum atomic E-state index is -0.288. The lowest BCUT2D eigenvalue weighted by molar-refractivity contribution is -0.140. The standard InChI is InChI=1S/C36H39NO4/c1-4-18-37-35(39)29-20-28(22(2)3)33-30(34(29)36(37)40)21-41-32(33)17-15-24(23-10-6-5-7-11-23)19-25-14-16-31(38)27-13-9-8-12-26(25)27/h5-14,16,19,22,29-30,32,34,38H,4,15,17-18,20-21H2,1-3H3/b24-19-/t29-,30+,32-,34-/m1/s1. The first-order chi connectivity index (χ1) is 19.9. The topological polar surface area (TPSA) is 66.8 Å². The number of benzene rings is 3. The van der Waals surface area contributed by atoms with E-state index in [9.17, 15) is 14.7 Å². The van der Waals surface area contributed by atoms with Crippen molar-refractivity contribution in [3.8, 4) is 5.75 Å². The highest BCUT2D eigenvalue weighted by atomic mass is 16.5. The molecule has 0 radical (unpaired) electrons. The van der Waals surface area contributed by atoms with Crippen LogP contribution >= 0.6 is 0 Å². The average molecular weight is 550 g/mol. The Bertz CT molecular complexity index is 1540. The van der Waals surface area contributed by atoms with Crippen LogP contribution in [-0.4, -0.2) is 41.1 Å². The van der Waals surface area contributed by atoms with E-state index in [4.69, 9.17) is 4.74 Å². The molecule has 0 saturated carbocycles. The van der Waals surface area contributed by atoms with Gasteiger partial charge in [-0.05, 0) is 65.3 Å². The van der Waals surface area contributed by atoms with Gasteiger partial charge >= 0.3 is 0 Å². The Kier molecular flexibility index (Phi) is 7.56. The number of phenols is 1. The zero-order valence-electron chi connectivity index (χ0n) is 24.2. The molecule has 4 atom stereocenters. The third-order valence-electron chi connectivity index (χ3n) is 9.26. The van der Waals surface area contributed by atoms with Crippen molar-refractivity contribution in [1.82, 2.24) is 4.90 Å². The van der Waals surface area contributed by atoms with Crippen molar-refractivity contribution in [3.05, 3.63) is 89.0 Å². The van der Waals surface area contributed by atoms with Gasteiger partial charge in [-0.2, -0.15) is 0 Å². The molecule has 2 heterocycles. The largest absolute Gasteiger partial charge is 0.507 e. The quantitative estimate of drug-likeness (QED) is 0.183. The van der Waals surface area contributed by atoms with Crippen LogP contribution in [0.3, 0.4) is 0 Å². The molecule has 5 nitrogen and oxygen atoms in total. The van der Waals surface area contributed by atoms with E-state index in [0.717, 1.165) is 41.2 Å². The number of carbonyl (C=O) groups is 2. The van der Waals surface area contributed by atoms with Crippen molar-refractivity contribution in [2.75, 3.05) is 13.2 Å². The lowest BCUT2D eigenvalue weighted by Gasteiger charge is -2.33. The molecule has 0 bridgehead atoms. The fraction of sp³-hybridized carbons (Fsp3) is 0.389. The zero-order valence-corrected chi connectivity index (χ0v) is 24.2. The molecule has 2 saturated heterocycles. The van der Waals surface area contributed by atoms with E-state index < -0.39 is 0 Å². The molecular weight excluding hydrogens is 510 g/mol. The van der Waals surface area contributed by atoms with E-state index in [2.05, 4.69) is 44.2 Å². The summed E-state index contributed by atoms with van der Waals surface area (Å²) in [4.78, 5) is 28.2. The molecule has 1 aliphatic carbocycles. The summed E-state index contributed by atoms with van der Waals surface area (Å²) in [6.07, 6.45) is 5.22. The molecule has 0 aromatic heterocycles. The van der Waals surface area contributed by atoms with Crippen molar-refractivity contribution in [2.45, 2.75) is 52.6 Å². The number of hydrogen-bond donors (Lipinski definition) is 1. The molecule has 41 heavy (non-hydrogen) atoms. The van der Waals surface area contributed by atoms with Crippen LogP contribution in [0, 0.1) is 23.7 Å². The number of fused-ring (bicyclic) bond motifs is 4. The fourth-order valence-electron chi connectivity index (χ4n) is 7.33. The molecule has 3 aromatic rings. The van der Waals surface area contributed by atoms with Gasteiger partial charge < -0.3 is 9.84 Å². The summed E-state index contributed by atoms with van der Waals surface area (Å²) < 4.78 is 6.49. The number of carbonyl (C=O) groups excluding carboxylic acids is 2. The number of rotatable bonds is 8. The highest BCUT2D eigenvalue weighted by molar-refractivity contribution is 6.06. The van der Waals surface area contributed by atoms with Gasteiger partial charge in [-0.3, -0.25) is 14.5 Å². The number of amides is 2. The number of aromatic hydroxyl groups is 1. The van der Waals surface area contributed by atoms with Crippen LogP contribution in [-0.2, 0) is 14.3 Å². The molecule has 2 amide bonds. The smallest absolute Gasteiger partial charge is 0.233 e. The molecule has 0 spiro atoms. The Hall–Kier alpha value is -3.70. The normalized spacial score (nSPS) is 24.5. The van der Waals surface area contributed by atoms with E-state index in [-0.39, 0.29) is 41.4 Å². The fourth-order valence-corrected chi connectivity index (χ4v) is 7.33. The molecular formula is C36H39NO4. The predicted octanol–water partition coefficient (Wildman–Crippen LogP) is 7.25. The molecule has 6 rings (SSSR count). The number of nitrogens with zero attached hydrogens (tertiary/aromatic N) is 1. The van der Waals surface area contributed by atoms with E-state index >= 15 is 0 Å². The highest BCUT2D eigenvalue weighted by Crippen LogP contribution is 2.51. The first kappa shape index (κ1) is 27.5. The monoisotopic (exact) mass is 549 g/mol. The van der Waals surface area contributed by atoms with Crippen LogP contribution < -0.4 is 0 Å². The van der Waals surface area contributed by atoms with E-state index in [0.29, 0.717) is 25.5 Å². The number of ether oxygens (including phenoxy) is 1. The third kappa shape index (κ3) is 4.91. The average Bonchev–Trinajstić information content (AvgIpc) is 3.51. The Balaban J connectivity index is 1.33. The predicted molar refractivity (Wildman–Crippen MR) is 163 cm³/mol. The summed E-state index contributed by atoms with van der Waals surface area (Å²) in [7, 11) is 0. The summed E-state index contributed by atoms with van der Waals surface area (Å²) in [5.74, 6) is 0.0473. The zero-order chi connectivity index (χ0) is 28.7. The Morgan fingerprint density at radius 1 is 0.976 bits per heavy atom. The van der Waals surface area contributed by atoms with Gasteiger partial charge in [-0.15, -0.1) is 0 Å². The summed E-state index contributed by atoms with van der Waals surface area (Å²) in [5.41, 5.74) is 6.02. The number of likely N-dealkylation sites (tertiary alicyclic amines) is 1. The SMILES string of the molecule is CCCN1C(=O)[C@@H]2[C@@H](CC(C(C)C)=C3[C@@H](CC/C(=C/c4ccc(O)c5ccccc45)c4ccccc4)OC[C@@H]32)C1=O. The maximum atomic E-state index is 13.5. The highest BCUT2D eigenvalue weighted by Gasteiger charge is 2.56. The molecule has 3 aromatic carbocycles. The molecule has 5 heteroatoms. The Morgan fingerprint density at radius 3 is 2.44 bits per heavy atom. The lowest BCUT2D eigenvalue weighted by Crippen LogP contribution is -2.35. The summed E-state index contributed by atoms with van der Waals surface area (Å²) in [6, 6.07) is 22.1. The van der Waals surface area contributed by atoms with Crippen LogP contribution in [0.5, 0.6) is 5.75 Å². The van der Waals surface area contributed by atoms with Crippen molar-refractivity contribution >= 4 is 34.2 Å². The van der Waals surface area contributed by atoms with E-state index in [1.165, 1.54) is 21.6 Å². The van der Waals surface area contributed by atoms with Gasteiger partial charge in [-0.1, -0.05) is 93.1 Å². The van der Waals surface area contributed by atoms with Gasteiger partial charge in [0.2, 0.25) is 11.8 Å². The second kappa shape index (κ2) is 11.3. The van der Waals surface area contributed by atoms with Gasteiger partial charge in [0.05, 0.1) is 24.5 Å². The number of allylic oxidation sites excluding steroid dienone is 2. The maximum Gasteiger partial charge on any atom is 0.233 e. The number of phenolic OH excluding ortho intramolecular Hbond substituents is 1. The Morgan fingerprint density at radius 2 is 1.71 bits per heavy atom. The molecule has 3 aliphatic rings. The van der Waals surface area contributed by atoms with Crippen LogP contribution in [0.4, 0.5) is 0 Å². The number of hydrogen-bond acceptors (Lipinski definition) is 4. The van der Waals surface area contributed by atoms with Gasteiger partial charge in [0, 0.05) is 17.8 Å². The van der Waals surface area contributed by atoms with Crippen molar-refractivity contribution in [3.63, 3.8) is 0 Å². The minimum absolute atomic E-state index is 0.000449. The third-order valence-corrected chi connectivity index (χ3v) is 9.26. The van der Waals surface area contributed by atoms with Crippen LogP contribution in [0.25, 0.3) is 22.4 Å². The Labute approximate surface area is 242 Å². The molecule has 1 N–H and O–H groups in total.